The van der Waals surface area contributed by atoms with Gasteiger partial charge in [-0.1, -0.05) is 21.9 Å². The van der Waals surface area contributed by atoms with E-state index in [1.807, 2.05) is 31.2 Å². The van der Waals surface area contributed by atoms with E-state index in [2.05, 4.69) is 0 Å². The van der Waals surface area contributed by atoms with Crippen LogP contribution in [0.1, 0.15) is 5.56 Å². The summed E-state index contributed by atoms with van der Waals surface area (Å²) in [6, 6.07) is 7.50. The van der Waals surface area contributed by atoms with Crippen molar-refractivity contribution in [2.75, 3.05) is 12.5 Å². The van der Waals surface area contributed by atoms with Crippen LogP contribution in [0.4, 0.5) is 87.8 Å². The molecule has 0 aliphatic rings. The van der Waals surface area contributed by atoms with Crippen LogP contribution in [0.25, 0.3) is 0 Å². The Balaban J connectivity index is 0.000000512. The second-order valence-corrected chi connectivity index (χ2v) is 14.3. The topological polar surface area (TPSA) is 26.3 Å². The lowest BCUT2D eigenvalue weighted by Gasteiger charge is -2.44. The van der Waals surface area contributed by atoms with Gasteiger partial charge in [0.25, 0.3) is 10.2 Å². The molecular weight excluding hydrogens is 851 g/mol. The standard InChI is InChI=1S/C24BF20.C9H13O2S/c26-5-1(6(27)14(35)21(42)13(5)34)25(2-7(28)15(36)22(43)16(37)8(2)29,3-9(30)17(38)23(44)18(39)10(3)31)4-11(32)19(40)24(45)20(41)12(4)33;1-8-4-6-9(7-5-8)11-12(2,3)10/h;4-7H,1-3H3/q-1;+1. The summed E-state index contributed by atoms with van der Waals surface area (Å²) < 4.78 is 310. The maximum Gasteiger partial charge on any atom is 0.253 e. The van der Waals surface area contributed by atoms with Crippen molar-refractivity contribution in [3.63, 3.8) is 0 Å². The van der Waals surface area contributed by atoms with E-state index in [1.54, 1.807) is 12.5 Å². The molecule has 24 heteroatoms. The number of hydrogen-bond donors (Lipinski definition) is 0. The van der Waals surface area contributed by atoms with Gasteiger partial charge in [0, 0.05) is 0 Å². The first-order valence-corrected chi connectivity index (χ1v) is 16.9. The predicted octanol–water partition coefficient (Wildman–Crippen LogP) is 7.89. The summed E-state index contributed by atoms with van der Waals surface area (Å²) in [6.45, 7) is 2.00. The Kier molecular flexibility index (Phi) is 12.1. The van der Waals surface area contributed by atoms with Crippen molar-refractivity contribution in [1.29, 1.82) is 0 Å². The lowest BCUT2D eigenvalue weighted by Crippen LogP contribution is -2.81. The summed E-state index contributed by atoms with van der Waals surface area (Å²) in [5.74, 6) is -70.7. The van der Waals surface area contributed by atoms with Gasteiger partial charge in [0.05, 0.1) is 0 Å². The second-order valence-electron chi connectivity index (χ2n) is 11.8. The first-order chi connectivity index (χ1) is 26.2. The molecule has 0 saturated carbocycles. The molecule has 0 radical (unpaired) electrons. The third-order valence-corrected chi connectivity index (χ3v) is 8.62. The molecule has 0 saturated heterocycles. The third-order valence-electron chi connectivity index (χ3n) is 8.02. The van der Waals surface area contributed by atoms with Gasteiger partial charge in [-0.05, 0) is 19.1 Å². The number of rotatable bonds is 6. The Bertz CT molecular complexity index is 2120. The molecule has 0 amide bonds. The SMILES string of the molecule is Cc1ccc(O[S+](C)(C)=O)cc1.Fc1c(F)c(F)c([B-](c2c(F)c(F)c(F)c(F)c2F)(c2c(F)c(F)c(F)c(F)c2F)c2c(F)c(F)c(F)c(F)c2F)c(F)c1F. The van der Waals surface area contributed by atoms with Crippen LogP contribution in [0.15, 0.2) is 24.3 Å². The van der Waals surface area contributed by atoms with Crippen molar-refractivity contribution in [2.24, 2.45) is 0 Å². The molecule has 0 bridgehead atoms. The van der Waals surface area contributed by atoms with Crippen LogP contribution in [-0.4, -0.2) is 18.7 Å². The molecule has 0 heterocycles. The largest absolute Gasteiger partial charge is 0.287 e. The van der Waals surface area contributed by atoms with Crippen LogP contribution in [0.2, 0.25) is 0 Å². The van der Waals surface area contributed by atoms with Crippen molar-refractivity contribution in [1.82, 2.24) is 0 Å². The van der Waals surface area contributed by atoms with E-state index in [1.165, 1.54) is 5.56 Å². The smallest absolute Gasteiger partial charge is 0.253 e. The monoisotopic (exact) mass is 864 g/mol. The lowest BCUT2D eigenvalue weighted by molar-refractivity contribution is 0.378. The quantitative estimate of drug-likeness (QED) is 0.0572. The molecule has 57 heavy (non-hydrogen) atoms. The minimum Gasteiger partial charge on any atom is -0.287 e. The second kappa shape index (κ2) is 15.6. The van der Waals surface area contributed by atoms with Crippen LogP contribution in [0.3, 0.4) is 0 Å². The minimum atomic E-state index is -7.22. The fourth-order valence-corrected chi connectivity index (χ4v) is 6.27. The Morgan fingerprint density at radius 2 is 0.526 bits per heavy atom. The molecular formula is C33H13BF20O2S. The summed E-state index contributed by atoms with van der Waals surface area (Å²) in [5.41, 5.74) is -13.2. The van der Waals surface area contributed by atoms with Crippen molar-refractivity contribution in [2.45, 2.75) is 6.92 Å². The van der Waals surface area contributed by atoms with E-state index in [0.717, 1.165) is 0 Å². The molecule has 0 aliphatic heterocycles. The first-order valence-electron chi connectivity index (χ1n) is 14.6. The van der Waals surface area contributed by atoms with E-state index < -0.39 is 155 Å². The van der Waals surface area contributed by atoms with Gasteiger partial charge in [-0.2, -0.15) is 0 Å². The van der Waals surface area contributed by atoms with Gasteiger partial charge in [0.1, 0.15) is 65.2 Å². The highest BCUT2D eigenvalue weighted by Crippen LogP contribution is 2.30. The first kappa shape index (κ1) is 44.4. The minimum absolute atomic E-state index is 0.663. The molecule has 5 aromatic carbocycles. The van der Waals surface area contributed by atoms with E-state index >= 15 is 35.1 Å². The zero-order valence-corrected chi connectivity index (χ0v) is 28.5. The van der Waals surface area contributed by atoms with Crippen molar-refractivity contribution in [3.05, 3.63) is 146 Å². The summed E-state index contributed by atoms with van der Waals surface area (Å²) in [5, 5.41) is 0. The molecule has 306 valence electrons. The van der Waals surface area contributed by atoms with Crippen LogP contribution in [0.5, 0.6) is 5.75 Å². The Morgan fingerprint density at radius 3 is 0.702 bits per heavy atom. The lowest BCUT2D eigenvalue weighted by atomic mass is 9.12. The molecule has 0 unspecified atom stereocenters. The maximum absolute atomic E-state index is 15.4. The molecule has 0 aromatic heterocycles. The molecule has 0 atom stereocenters. The normalized spacial score (nSPS) is 11.8. The third kappa shape index (κ3) is 7.15. The highest BCUT2D eigenvalue weighted by Gasteiger charge is 2.52. The van der Waals surface area contributed by atoms with Crippen LogP contribution >= 0.6 is 0 Å². The summed E-state index contributed by atoms with van der Waals surface area (Å²) >= 11 is 0. The van der Waals surface area contributed by atoms with Gasteiger partial charge in [-0.25, -0.2) is 87.8 Å². The summed E-state index contributed by atoms with van der Waals surface area (Å²) in [6.07, 6.45) is -4.06. The van der Waals surface area contributed by atoms with Crippen LogP contribution < -0.4 is 26.0 Å². The Hall–Kier alpha value is -5.29. The zero-order chi connectivity index (χ0) is 43.5. The molecule has 0 aliphatic carbocycles. The van der Waals surface area contributed by atoms with Gasteiger partial charge in [0.15, 0.2) is 75.6 Å². The van der Waals surface area contributed by atoms with Gasteiger partial charge < -0.3 is 0 Å². The van der Waals surface area contributed by atoms with Crippen molar-refractivity contribution >= 4 is 38.2 Å². The summed E-state index contributed by atoms with van der Waals surface area (Å²) in [7, 11) is -2.14. The number of halogens is 20. The van der Waals surface area contributed by atoms with Crippen LogP contribution in [0, 0.1) is 123 Å². The highest BCUT2D eigenvalue weighted by atomic mass is 32.3. The average Bonchev–Trinajstić information content (AvgIpc) is 3.15. The fourth-order valence-electron chi connectivity index (χ4n) is 5.70. The molecule has 2 nitrogen and oxygen atoms in total. The van der Waals surface area contributed by atoms with Gasteiger partial charge in [-0.3, -0.25) is 4.18 Å². The van der Waals surface area contributed by atoms with Gasteiger partial charge in [0.2, 0.25) is 0 Å². The maximum atomic E-state index is 15.4. The van der Waals surface area contributed by atoms with Gasteiger partial charge in [-0.15, -0.1) is 21.9 Å². The summed E-state index contributed by atoms with van der Waals surface area (Å²) in [4.78, 5) is 0. The van der Waals surface area contributed by atoms with E-state index in [-0.39, 0.29) is 0 Å². The molecule has 5 aromatic rings. The fraction of sp³-hybridized carbons (Fsp3) is 0.0909. The van der Waals surface area contributed by atoms with Crippen molar-refractivity contribution in [3.8, 4) is 5.75 Å². The number of aryl methyl sites for hydroxylation is 1. The average molecular weight is 864 g/mol. The van der Waals surface area contributed by atoms with E-state index in [0.29, 0.717) is 5.75 Å². The van der Waals surface area contributed by atoms with Crippen LogP contribution in [-0.2, 0) is 14.4 Å². The zero-order valence-electron chi connectivity index (χ0n) is 27.7. The van der Waals surface area contributed by atoms with Gasteiger partial charge >= 0.3 is 0 Å². The van der Waals surface area contributed by atoms with E-state index in [9.17, 15) is 56.9 Å². The Labute approximate surface area is 305 Å². The molecule has 5 rings (SSSR count). The molecule has 0 fully saturated rings. The highest BCUT2D eigenvalue weighted by molar-refractivity contribution is 7.97. The van der Waals surface area contributed by atoms with Crippen molar-refractivity contribution < 1.29 is 96.2 Å². The van der Waals surface area contributed by atoms with E-state index in [4.69, 9.17) is 4.18 Å². The Morgan fingerprint density at radius 1 is 0.351 bits per heavy atom. The molecule has 0 N–H and O–H groups in total. The predicted molar refractivity (Wildman–Crippen MR) is 161 cm³/mol. The molecule has 0 spiro atoms. The number of hydrogen-bond acceptors (Lipinski definition) is 2. The number of benzene rings is 5.